The zero-order valence-electron chi connectivity index (χ0n) is 8.84. The van der Waals surface area contributed by atoms with Gasteiger partial charge in [-0.3, -0.25) is 0 Å². The Hall–Kier alpha value is -1.46. The average Bonchev–Trinajstić information content (AvgIpc) is 2.24. The fourth-order valence-corrected chi connectivity index (χ4v) is 1.13. The number of halogens is 3. The molecular weight excluding hydrogens is 221 g/mol. The van der Waals surface area contributed by atoms with E-state index < -0.39 is 12.6 Å². The molecule has 0 atom stereocenters. The van der Waals surface area contributed by atoms with E-state index in [1.165, 1.54) is 13.3 Å². The van der Waals surface area contributed by atoms with Gasteiger partial charge in [0.15, 0.2) is 0 Å². The summed E-state index contributed by atoms with van der Waals surface area (Å²) in [6.45, 7) is 0.271. The van der Waals surface area contributed by atoms with Crippen molar-refractivity contribution in [2.45, 2.75) is 19.0 Å². The van der Waals surface area contributed by atoms with Crippen LogP contribution in [-0.4, -0.2) is 24.8 Å². The molecule has 3 nitrogen and oxygen atoms in total. The Morgan fingerprint density at radius 2 is 2.12 bits per heavy atom. The number of anilines is 1. The highest BCUT2D eigenvalue weighted by Crippen LogP contribution is 2.21. The fourth-order valence-electron chi connectivity index (χ4n) is 1.13. The molecule has 0 spiro atoms. The Morgan fingerprint density at radius 3 is 2.62 bits per heavy atom. The zero-order chi connectivity index (χ0) is 12.0. The van der Waals surface area contributed by atoms with Gasteiger partial charge in [0, 0.05) is 19.0 Å². The van der Waals surface area contributed by atoms with Crippen molar-refractivity contribution >= 4 is 5.69 Å². The summed E-state index contributed by atoms with van der Waals surface area (Å²) in [6, 6.07) is 3.35. The molecule has 16 heavy (non-hydrogen) atoms. The molecule has 0 unspecified atom stereocenters. The summed E-state index contributed by atoms with van der Waals surface area (Å²) in [4.78, 5) is 3.92. The van der Waals surface area contributed by atoms with Crippen molar-refractivity contribution < 1.29 is 17.9 Å². The average molecular weight is 234 g/mol. The minimum absolute atomic E-state index is 0.0511. The van der Waals surface area contributed by atoms with E-state index in [-0.39, 0.29) is 13.0 Å². The molecule has 1 aromatic heterocycles. The van der Waals surface area contributed by atoms with Crippen molar-refractivity contribution in [3.8, 4) is 5.88 Å². The third-order valence-electron chi connectivity index (χ3n) is 1.91. The lowest BCUT2D eigenvalue weighted by Crippen LogP contribution is -2.11. The Kier molecular flexibility index (Phi) is 4.39. The van der Waals surface area contributed by atoms with E-state index in [1.54, 1.807) is 12.1 Å². The molecule has 0 aliphatic heterocycles. The van der Waals surface area contributed by atoms with Crippen LogP contribution in [0.5, 0.6) is 5.88 Å². The quantitative estimate of drug-likeness (QED) is 0.795. The first kappa shape index (κ1) is 12.6. The number of alkyl halides is 3. The molecule has 0 aromatic carbocycles. The Morgan fingerprint density at radius 1 is 1.38 bits per heavy atom. The van der Waals surface area contributed by atoms with Crippen LogP contribution in [0.1, 0.15) is 12.8 Å². The maximum absolute atomic E-state index is 11.8. The van der Waals surface area contributed by atoms with Gasteiger partial charge < -0.3 is 10.1 Å². The summed E-state index contributed by atoms with van der Waals surface area (Å²) in [5.74, 6) is 0.473. The highest BCUT2D eigenvalue weighted by atomic mass is 19.4. The lowest BCUT2D eigenvalue weighted by Gasteiger charge is -2.08. The van der Waals surface area contributed by atoms with Gasteiger partial charge in [0.25, 0.3) is 0 Å². The van der Waals surface area contributed by atoms with Crippen LogP contribution in [0.2, 0.25) is 0 Å². The molecule has 1 heterocycles. The van der Waals surface area contributed by atoms with E-state index in [2.05, 4.69) is 10.3 Å². The summed E-state index contributed by atoms with van der Waals surface area (Å²) >= 11 is 0. The molecule has 0 amide bonds. The van der Waals surface area contributed by atoms with Gasteiger partial charge in [-0.2, -0.15) is 13.2 Å². The van der Waals surface area contributed by atoms with Gasteiger partial charge in [0.1, 0.15) is 0 Å². The van der Waals surface area contributed by atoms with Crippen LogP contribution >= 0.6 is 0 Å². The Bertz CT molecular complexity index is 311. The van der Waals surface area contributed by atoms with Crippen molar-refractivity contribution in [1.29, 1.82) is 0 Å². The Balaban J connectivity index is 2.27. The summed E-state index contributed by atoms with van der Waals surface area (Å²) in [5.41, 5.74) is 0.683. The number of ether oxygens (including phenoxy) is 1. The number of rotatable bonds is 5. The van der Waals surface area contributed by atoms with E-state index in [9.17, 15) is 13.2 Å². The summed E-state index contributed by atoms with van der Waals surface area (Å²) in [7, 11) is 1.50. The fraction of sp³-hybridized carbons (Fsp3) is 0.500. The van der Waals surface area contributed by atoms with Gasteiger partial charge in [0.2, 0.25) is 5.88 Å². The normalized spacial score (nSPS) is 11.2. The standard InChI is InChI=1S/C10H13F3N2O/c1-16-9-4-3-8(7-15-9)14-6-2-5-10(11,12)13/h3-4,7,14H,2,5-6H2,1H3. The van der Waals surface area contributed by atoms with Gasteiger partial charge in [0.05, 0.1) is 19.0 Å². The molecule has 1 aromatic rings. The maximum Gasteiger partial charge on any atom is 0.389 e. The lowest BCUT2D eigenvalue weighted by atomic mass is 10.3. The highest BCUT2D eigenvalue weighted by Gasteiger charge is 2.25. The second-order valence-corrected chi connectivity index (χ2v) is 3.23. The van der Waals surface area contributed by atoms with Gasteiger partial charge in [-0.25, -0.2) is 4.98 Å². The molecule has 0 saturated heterocycles. The molecule has 0 aliphatic rings. The van der Waals surface area contributed by atoms with Crippen LogP contribution in [0.25, 0.3) is 0 Å². The topological polar surface area (TPSA) is 34.1 Å². The summed E-state index contributed by atoms with van der Waals surface area (Å²) in [5, 5.41) is 2.85. The number of nitrogens with one attached hydrogen (secondary N) is 1. The van der Waals surface area contributed by atoms with Crippen molar-refractivity contribution in [1.82, 2.24) is 4.98 Å². The van der Waals surface area contributed by atoms with E-state index in [0.29, 0.717) is 11.6 Å². The zero-order valence-corrected chi connectivity index (χ0v) is 8.84. The minimum atomic E-state index is -4.08. The van der Waals surface area contributed by atoms with Crippen LogP contribution in [-0.2, 0) is 0 Å². The predicted molar refractivity (Wildman–Crippen MR) is 54.6 cm³/mol. The highest BCUT2D eigenvalue weighted by molar-refractivity contribution is 5.41. The van der Waals surface area contributed by atoms with E-state index in [4.69, 9.17) is 4.74 Å². The number of methoxy groups -OCH3 is 1. The Labute approximate surface area is 91.6 Å². The first-order chi connectivity index (χ1) is 7.51. The molecular formula is C10H13F3N2O. The monoisotopic (exact) mass is 234 g/mol. The molecule has 1 rings (SSSR count). The second kappa shape index (κ2) is 5.58. The van der Waals surface area contributed by atoms with Crippen molar-refractivity contribution in [2.75, 3.05) is 19.0 Å². The summed E-state index contributed by atoms with van der Waals surface area (Å²) < 4.78 is 40.3. The number of nitrogens with zero attached hydrogens (tertiary/aromatic N) is 1. The van der Waals surface area contributed by atoms with E-state index in [0.717, 1.165) is 0 Å². The van der Waals surface area contributed by atoms with Gasteiger partial charge in [-0.1, -0.05) is 0 Å². The first-order valence-electron chi connectivity index (χ1n) is 4.82. The third-order valence-corrected chi connectivity index (χ3v) is 1.91. The van der Waals surface area contributed by atoms with E-state index in [1.807, 2.05) is 0 Å². The van der Waals surface area contributed by atoms with Crippen LogP contribution in [0.3, 0.4) is 0 Å². The largest absolute Gasteiger partial charge is 0.481 e. The molecule has 0 fully saturated rings. The lowest BCUT2D eigenvalue weighted by molar-refractivity contribution is -0.134. The van der Waals surface area contributed by atoms with Crippen LogP contribution in [0.4, 0.5) is 18.9 Å². The third kappa shape index (κ3) is 4.86. The number of pyridine rings is 1. The van der Waals surface area contributed by atoms with Crippen LogP contribution < -0.4 is 10.1 Å². The van der Waals surface area contributed by atoms with Crippen molar-refractivity contribution in [3.05, 3.63) is 18.3 Å². The smallest absolute Gasteiger partial charge is 0.389 e. The van der Waals surface area contributed by atoms with E-state index >= 15 is 0 Å². The van der Waals surface area contributed by atoms with Gasteiger partial charge in [-0.05, 0) is 12.5 Å². The molecule has 1 N–H and O–H groups in total. The second-order valence-electron chi connectivity index (χ2n) is 3.23. The van der Waals surface area contributed by atoms with Gasteiger partial charge >= 0.3 is 6.18 Å². The maximum atomic E-state index is 11.8. The van der Waals surface area contributed by atoms with Crippen LogP contribution in [0, 0.1) is 0 Å². The van der Waals surface area contributed by atoms with Crippen molar-refractivity contribution in [3.63, 3.8) is 0 Å². The molecule has 0 radical (unpaired) electrons. The van der Waals surface area contributed by atoms with Crippen molar-refractivity contribution in [2.24, 2.45) is 0 Å². The number of hydrogen-bond donors (Lipinski definition) is 1. The molecule has 0 saturated carbocycles. The molecule has 90 valence electrons. The summed E-state index contributed by atoms with van der Waals surface area (Å²) in [6.07, 6.45) is -3.29. The van der Waals surface area contributed by atoms with Gasteiger partial charge in [-0.15, -0.1) is 0 Å². The van der Waals surface area contributed by atoms with Crippen LogP contribution in [0.15, 0.2) is 18.3 Å². The SMILES string of the molecule is COc1ccc(NCCCC(F)(F)F)cn1. The first-order valence-corrected chi connectivity index (χ1v) is 4.82. The predicted octanol–water partition coefficient (Wildman–Crippen LogP) is 2.84. The number of aromatic nitrogens is 1. The minimum Gasteiger partial charge on any atom is -0.481 e. The molecule has 6 heteroatoms. The molecule has 0 aliphatic carbocycles. The number of hydrogen-bond acceptors (Lipinski definition) is 3. The molecule has 0 bridgehead atoms.